The average Bonchev–Trinajstić information content (AvgIpc) is 3.16. The summed E-state index contributed by atoms with van der Waals surface area (Å²) < 4.78 is 8.45. The molecule has 8 heteroatoms. The van der Waals surface area contributed by atoms with E-state index in [2.05, 4.69) is 20.4 Å². The molecular formula is C17H27N5O2S. The van der Waals surface area contributed by atoms with Gasteiger partial charge in [0.2, 0.25) is 0 Å². The minimum Gasteiger partial charge on any atom is -0.383 e. The van der Waals surface area contributed by atoms with Gasteiger partial charge in [-0.15, -0.1) is 11.3 Å². The molecule has 0 amide bonds. The van der Waals surface area contributed by atoms with Gasteiger partial charge in [-0.3, -0.25) is 9.47 Å². The lowest BCUT2D eigenvalue weighted by Gasteiger charge is -2.30. The van der Waals surface area contributed by atoms with Gasteiger partial charge in [0.1, 0.15) is 5.82 Å². The molecule has 0 N–H and O–H groups in total. The summed E-state index contributed by atoms with van der Waals surface area (Å²) in [6.07, 6.45) is 2.06. The summed E-state index contributed by atoms with van der Waals surface area (Å²) in [4.78, 5) is 19.5. The Morgan fingerprint density at radius 3 is 2.72 bits per heavy atom. The minimum absolute atomic E-state index is 0.0186. The van der Waals surface area contributed by atoms with Gasteiger partial charge < -0.3 is 4.74 Å². The van der Waals surface area contributed by atoms with Crippen LogP contribution in [0, 0.1) is 6.92 Å². The molecule has 0 unspecified atom stereocenters. The van der Waals surface area contributed by atoms with Crippen molar-refractivity contribution in [2.75, 3.05) is 26.8 Å². The van der Waals surface area contributed by atoms with Gasteiger partial charge in [0.15, 0.2) is 0 Å². The number of aryl methyl sites for hydroxylation is 1. The van der Waals surface area contributed by atoms with Crippen molar-refractivity contribution in [2.45, 2.75) is 52.2 Å². The van der Waals surface area contributed by atoms with E-state index in [-0.39, 0.29) is 5.69 Å². The summed E-state index contributed by atoms with van der Waals surface area (Å²) in [6, 6.07) is 0. The third-order valence-corrected chi connectivity index (χ3v) is 5.60. The second-order valence-corrected chi connectivity index (χ2v) is 7.57. The van der Waals surface area contributed by atoms with E-state index in [4.69, 9.17) is 4.74 Å². The van der Waals surface area contributed by atoms with Crippen molar-refractivity contribution < 1.29 is 4.74 Å². The highest BCUT2D eigenvalue weighted by Crippen LogP contribution is 2.27. The molecule has 138 valence electrons. The number of piperidine rings is 1. The number of hydrogen-bond acceptors (Lipinski definition) is 6. The molecule has 25 heavy (non-hydrogen) atoms. The Labute approximate surface area is 152 Å². The van der Waals surface area contributed by atoms with E-state index in [1.807, 2.05) is 18.4 Å². The molecular weight excluding hydrogens is 338 g/mol. The number of methoxy groups -OCH3 is 1. The second-order valence-electron chi connectivity index (χ2n) is 6.51. The fourth-order valence-corrected chi connectivity index (χ4v) is 4.04. The highest BCUT2D eigenvalue weighted by atomic mass is 32.1. The molecule has 1 fully saturated rings. The zero-order valence-corrected chi connectivity index (χ0v) is 16.1. The first kappa shape index (κ1) is 18.3. The SMILES string of the molecule is CCn1c(C2CCN(Cc3csc(C)n3)CC2)nn(CCOC)c1=O. The van der Waals surface area contributed by atoms with Gasteiger partial charge in [0.25, 0.3) is 0 Å². The largest absolute Gasteiger partial charge is 0.383 e. The van der Waals surface area contributed by atoms with E-state index in [9.17, 15) is 4.79 Å². The first-order valence-electron chi connectivity index (χ1n) is 8.92. The van der Waals surface area contributed by atoms with E-state index in [0.717, 1.165) is 49.0 Å². The van der Waals surface area contributed by atoms with Crippen LogP contribution >= 0.6 is 11.3 Å². The van der Waals surface area contributed by atoms with E-state index in [0.29, 0.717) is 25.6 Å². The van der Waals surface area contributed by atoms with E-state index in [1.54, 1.807) is 23.1 Å². The number of thiazole rings is 1. The zero-order chi connectivity index (χ0) is 17.8. The molecule has 0 aliphatic carbocycles. The predicted octanol–water partition coefficient (Wildman–Crippen LogP) is 1.86. The summed E-state index contributed by atoms with van der Waals surface area (Å²) in [5, 5.41) is 7.88. The molecule has 0 atom stereocenters. The van der Waals surface area contributed by atoms with Crippen LogP contribution in [0.5, 0.6) is 0 Å². The van der Waals surface area contributed by atoms with Crippen molar-refractivity contribution in [3.05, 3.63) is 32.4 Å². The fraction of sp³-hybridized carbons (Fsp3) is 0.706. The molecule has 0 saturated carbocycles. The number of hydrogen-bond donors (Lipinski definition) is 0. The zero-order valence-electron chi connectivity index (χ0n) is 15.3. The molecule has 1 aliphatic rings. The predicted molar refractivity (Wildman–Crippen MR) is 98.1 cm³/mol. The number of aromatic nitrogens is 4. The van der Waals surface area contributed by atoms with Crippen molar-refractivity contribution in [2.24, 2.45) is 0 Å². The number of nitrogens with zero attached hydrogens (tertiary/aromatic N) is 5. The van der Waals surface area contributed by atoms with Gasteiger partial charge in [0, 0.05) is 31.5 Å². The smallest absolute Gasteiger partial charge is 0.345 e. The van der Waals surface area contributed by atoms with Crippen LogP contribution in [0.25, 0.3) is 0 Å². The van der Waals surface area contributed by atoms with Crippen LogP contribution in [0.3, 0.4) is 0 Å². The number of rotatable bonds is 7. The lowest BCUT2D eigenvalue weighted by atomic mass is 9.96. The Kier molecular flexibility index (Phi) is 6.03. The molecule has 7 nitrogen and oxygen atoms in total. The minimum atomic E-state index is -0.0186. The summed E-state index contributed by atoms with van der Waals surface area (Å²) >= 11 is 1.71. The van der Waals surface area contributed by atoms with Gasteiger partial charge in [-0.1, -0.05) is 0 Å². The molecule has 0 radical (unpaired) electrons. The lowest BCUT2D eigenvalue weighted by molar-refractivity contribution is 0.181. The summed E-state index contributed by atoms with van der Waals surface area (Å²) in [5.41, 5.74) is 1.14. The van der Waals surface area contributed by atoms with Crippen LogP contribution in [0.1, 0.15) is 42.2 Å². The number of ether oxygens (including phenoxy) is 1. The van der Waals surface area contributed by atoms with Crippen LogP contribution in [0.15, 0.2) is 10.2 Å². The fourth-order valence-electron chi connectivity index (χ4n) is 3.44. The average molecular weight is 366 g/mol. The lowest BCUT2D eigenvalue weighted by Crippen LogP contribution is -2.34. The maximum atomic E-state index is 12.5. The highest BCUT2D eigenvalue weighted by molar-refractivity contribution is 7.09. The van der Waals surface area contributed by atoms with Crippen LogP contribution in [0.2, 0.25) is 0 Å². The molecule has 1 aliphatic heterocycles. The molecule has 0 aromatic carbocycles. The van der Waals surface area contributed by atoms with Crippen molar-refractivity contribution in [1.29, 1.82) is 0 Å². The van der Waals surface area contributed by atoms with E-state index >= 15 is 0 Å². The first-order valence-corrected chi connectivity index (χ1v) is 9.80. The Morgan fingerprint density at radius 1 is 1.36 bits per heavy atom. The van der Waals surface area contributed by atoms with Crippen molar-refractivity contribution in [3.8, 4) is 0 Å². The summed E-state index contributed by atoms with van der Waals surface area (Å²) in [7, 11) is 1.64. The standard InChI is InChI=1S/C17H27N5O2S/c1-4-21-16(19-22(17(21)23)9-10-24-3)14-5-7-20(8-6-14)11-15-12-25-13(2)18-15/h12,14H,4-11H2,1-3H3. The summed E-state index contributed by atoms with van der Waals surface area (Å²) in [6.45, 7) is 8.69. The van der Waals surface area contributed by atoms with Crippen molar-refractivity contribution in [3.63, 3.8) is 0 Å². The van der Waals surface area contributed by atoms with Crippen LogP contribution in [-0.2, 0) is 24.4 Å². The van der Waals surface area contributed by atoms with Gasteiger partial charge >= 0.3 is 5.69 Å². The molecule has 2 aromatic heterocycles. The number of likely N-dealkylation sites (tertiary alicyclic amines) is 1. The quantitative estimate of drug-likeness (QED) is 0.749. The maximum absolute atomic E-state index is 12.5. The molecule has 2 aromatic rings. The van der Waals surface area contributed by atoms with Gasteiger partial charge in [0.05, 0.1) is 23.9 Å². The second kappa shape index (κ2) is 8.25. The first-order chi connectivity index (χ1) is 12.1. The van der Waals surface area contributed by atoms with Gasteiger partial charge in [-0.05, 0) is 39.8 Å². The Balaban J connectivity index is 1.65. The van der Waals surface area contributed by atoms with Crippen LogP contribution in [-0.4, -0.2) is 51.0 Å². The van der Waals surface area contributed by atoms with Crippen LogP contribution < -0.4 is 5.69 Å². The highest BCUT2D eigenvalue weighted by Gasteiger charge is 2.26. The van der Waals surface area contributed by atoms with Gasteiger partial charge in [-0.2, -0.15) is 5.10 Å². The third-order valence-electron chi connectivity index (χ3n) is 4.78. The monoisotopic (exact) mass is 365 g/mol. The maximum Gasteiger partial charge on any atom is 0.345 e. The molecule has 3 heterocycles. The topological polar surface area (TPSA) is 65.2 Å². The Hall–Kier alpha value is -1.51. The third kappa shape index (κ3) is 4.19. The van der Waals surface area contributed by atoms with Crippen LogP contribution in [0.4, 0.5) is 0 Å². The molecule has 3 rings (SSSR count). The Bertz CT molecular complexity index is 743. The van der Waals surface area contributed by atoms with Crippen molar-refractivity contribution in [1.82, 2.24) is 24.2 Å². The normalized spacial score (nSPS) is 16.6. The van der Waals surface area contributed by atoms with E-state index < -0.39 is 0 Å². The molecule has 0 bridgehead atoms. The Morgan fingerprint density at radius 2 is 2.12 bits per heavy atom. The van der Waals surface area contributed by atoms with E-state index in [1.165, 1.54) is 0 Å². The molecule has 1 saturated heterocycles. The summed E-state index contributed by atoms with van der Waals surface area (Å²) in [5.74, 6) is 1.29. The van der Waals surface area contributed by atoms with Crippen molar-refractivity contribution >= 4 is 11.3 Å². The van der Waals surface area contributed by atoms with Gasteiger partial charge in [-0.25, -0.2) is 14.5 Å². The molecule has 0 spiro atoms.